The molecule has 0 aliphatic heterocycles. The van der Waals surface area contributed by atoms with Crippen molar-refractivity contribution in [2.24, 2.45) is 0 Å². The van der Waals surface area contributed by atoms with Gasteiger partial charge in [0.15, 0.2) is 6.29 Å². The average molecular weight is 342 g/mol. The molecular formula is C17H9F3N4O. The van der Waals surface area contributed by atoms with Crippen LogP contribution >= 0.6 is 0 Å². The molecule has 8 heteroatoms. The number of halogens is 3. The van der Waals surface area contributed by atoms with E-state index in [0.717, 1.165) is 12.1 Å². The summed E-state index contributed by atoms with van der Waals surface area (Å²) in [6.45, 7) is 0. The molecule has 0 spiro atoms. The Morgan fingerprint density at radius 1 is 1.04 bits per heavy atom. The Balaban J connectivity index is 2.07. The van der Waals surface area contributed by atoms with Crippen LogP contribution in [0.2, 0.25) is 0 Å². The highest BCUT2D eigenvalue weighted by Gasteiger charge is 2.20. The van der Waals surface area contributed by atoms with Crippen LogP contribution in [-0.4, -0.2) is 26.3 Å². The number of aromatic amines is 1. The van der Waals surface area contributed by atoms with Gasteiger partial charge >= 0.3 is 0 Å². The number of H-pyrrole nitrogens is 1. The number of nitrogens with one attached hydrogen (secondary N) is 1. The summed E-state index contributed by atoms with van der Waals surface area (Å²) < 4.78 is 42.4. The molecule has 0 saturated carbocycles. The minimum atomic E-state index is -0.777. The fraction of sp³-hybridized carbons (Fsp3) is 0. The Hall–Kier alpha value is -3.42. The largest absolute Gasteiger partial charge is 0.350 e. The number of hydrogen-bond acceptors (Lipinski definition) is 3. The van der Waals surface area contributed by atoms with Crippen LogP contribution in [0.3, 0.4) is 0 Å². The Labute approximate surface area is 138 Å². The van der Waals surface area contributed by atoms with Crippen molar-refractivity contribution in [2.75, 3.05) is 0 Å². The summed E-state index contributed by atoms with van der Waals surface area (Å²) in [5.41, 5.74) is 1.37. The molecule has 25 heavy (non-hydrogen) atoms. The van der Waals surface area contributed by atoms with Gasteiger partial charge in [-0.1, -0.05) is 5.21 Å². The summed E-state index contributed by atoms with van der Waals surface area (Å²) in [5.74, 6) is -1.96. The standard InChI is InChI=1S/C17H9F3N4O/c18-10-3-1-9(2-4-10)15-17(24-7-12(8-25)22-23-24)13-5-11(19)6-14(20)16(13)21-15/h1-8,21H. The first-order valence-corrected chi connectivity index (χ1v) is 7.21. The van der Waals surface area contributed by atoms with Crippen LogP contribution in [0.4, 0.5) is 13.2 Å². The van der Waals surface area contributed by atoms with Gasteiger partial charge in [-0.3, -0.25) is 4.79 Å². The van der Waals surface area contributed by atoms with Crippen molar-refractivity contribution in [3.63, 3.8) is 0 Å². The summed E-state index contributed by atoms with van der Waals surface area (Å²) in [6, 6.07) is 7.40. The number of aldehydes is 1. The van der Waals surface area contributed by atoms with E-state index < -0.39 is 17.5 Å². The van der Waals surface area contributed by atoms with E-state index in [0.29, 0.717) is 23.2 Å². The Kier molecular flexibility index (Phi) is 3.38. The molecule has 0 unspecified atom stereocenters. The molecule has 4 rings (SSSR count). The van der Waals surface area contributed by atoms with E-state index in [2.05, 4.69) is 15.3 Å². The molecular weight excluding hydrogens is 333 g/mol. The number of benzene rings is 2. The summed E-state index contributed by atoms with van der Waals surface area (Å²) in [7, 11) is 0. The SMILES string of the molecule is O=Cc1cn(-c2c(-c3ccc(F)cc3)[nH]c3c(F)cc(F)cc23)nn1. The molecule has 4 aromatic rings. The first kappa shape index (κ1) is 15.1. The van der Waals surface area contributed by atoms with Crippen LogP contribution in [0.15, 0.2) is 42.6 Å². The van der Waals surface area contributed by atoms with Crippen molar-refractivity contribution in [2.45, 2.75) is 0 Å². The third kappa shape index (κ3) is 2.47. The van der Waals surface area contributed by atoms with Gasteiger partial charge in [-0.2, -0.15) is 0 Å². The van der Waals surface area contributed by atoms with Gasteiger partial charge in [0.1, 0.15) is 23.1 Å². The van der Waals surface area contributed by atoms with Gasteiger partial charge in [-0.25, -0.2) is 17.9 Å². The summed E-state index contributed by atoms with van der Waals surface area (Å²) in [5, 5.41) is 7.74. The molecule has 1 N–H and O–H groups in total. The highest BCUT2D eigenvalue weighted by molar-refractivity contribution is 5.97. The fourth-order valence-electron chi connectivity index (χ4n) is 2.71. The van der Waals surface area contributed by atoms with E-state index in [9.17, 15) is 18.0 Å². The Morgan fingerprint density at radius 3 is 2.48 bits per heavy atom. The van der Waals surface area contributed by atoms with Gasteiger partial charge in [0, 0.05) is 17.0 Å². The second-order valence-electron chi connectivity index (χ2n) is 5.37. The number of aromatic nitrogens is 4. The van der Waals surface area contributed by atoms with Gasteiger partial charge in [-0.15, -0.1) is 5.10 Å². The maximum atomic E-state index is 14.2. The van der Waals surface area contributed by atoms with E-state index >= 15 is 0 Å². The normalized spacial score (nSPS) is 11.2. The second kappa shape index (κ2) is 5.59. The number of carbonyl (C=O) groups is 1. The topological polar surface area (TPSA) is 63.6 Å². The maximum Gasteiger partial charge on any atom is 0.171 e. The summed E-state index contributed by atoms with van der Waals surface area (Å²) in [4.78, 5) is 13.7. The van der Waals surface area contributed by atoms with Gasteiger partial charge in [0.2, 0.25) is 0 Å². The van der Waals surface area contributed by atoms with Gasteiger partial charge in [0.05, 0.1) is 23.1 Å². The van der Waals surface area contributed by atoms with Crippen LogP contribution < -0.4 is 0 Å². The van der Waals surface area contributed by atoms with E-state index in [-0.39, 0.29) is 16.6 Å². The first-order chi connectivity index (χ1) is 12.1. The van der Waals surface area contributed by atoms with Crippen LogP contribution in [0, 0.1) is 17.5 Å². The molecule has 2 aromatic heterocycles. The quantitative estimate of drug-likeness (QED) is 0.578. The van der Waals surface area contributed by atoms with E-state index in [1.807, 2.05) is 0 Å². The van der Waals surface area contributed by atoms with Crippen molar-refractivity contribution in [1.82, 2.24) is 20.0 Å². The van der Waals surface area contributed by atoms with E-state index in [1.54, 1.807) is 0 Å². The molecule has 2 aromatic carbocycles. The minimum absolute atomic E-state index is 0.0660. The predicted octanol–water partition coefficient (Wildman–Crippen LogP) is 3.65. The van der Waals surface area contributed by atoms with E-state index in [4.69, 9.17) is 0 Å². The molecule has 0 bridgehead atoms. The number of nitrogens with zero attached hydrogens (tertiary/aromatic N) is 3. The lowest BCUT2D eigenvalue weighted by Gasteiger charge is -2.04. The van der Waals surface area contributed by atoms with Crippen LogP contribution in [-0.2, 0) is 0 Å². The lowest BCUT2D eigenvalue weighted by molar-refractivity contribution is 0.111. The van der Waals surface area contributed by atoms with Crippen molar-refractivity contribution in [1.29, 1.82) is 0 Å². The molecule has 0 amide bonds. The molecule has 124 valence electrons. The second-order valence-corrected chi connectivity index (χ2v) is 5.37. The summed E-state index contributed by atoms with van der Waals surface area (Å²) in [6.07, 6.45) is 1.85. The number of fused-ring (bicyclic) bond motifs is 1. The molecule has 0 aliphatic rings. The molecule has 0 aliphatic carbocycles. The Morgan fingerprint density at radius 2 is 1.80 bits per heavy atom. The zero-order valence-corrected chi connectivity index (χ0v) is 12.5. The maximum absolute atomic E-state index is 14.2. The van der Waals surface area contributed by atoms with Crippen LogP contribution in [0.1, 0.15) is 10.5 Å². The van der Waals surface area contributed by atoms with Gasteiger partial charge in [-0.05, 0) is 30.3 Å². The average Bonchev–Trinajstić information content (AvgIpc) is 3.19. The zero-order chi connectivity index (χ0) is 17.6. The molecule has 2 heterocycles. The van der Waals surface area contributed by atoms with Crippen LogP contribution in [0.5, 0.6) is 0 Å². The third-order valence-corrected chi connectivity index (χ3v) is 3.79. The number of rotatable bonds is 3. The summed E-state index contributed by atoms with van der Waals surface area (Å²) >= 11 is 0. The van der Waals surface area contributed by atoms with E-state index in [1.165, 1.54) is 35.1 Å². The number of carbonyl (C=O) groups excluding carboxylic acids is 1. The molecule has 0 atom stereocenters. The first-order valence-electron chi connectivity index (χ1n) is 7.21. The number of hydrogen-bond donors (Lipinski definition) is 1. The monoisotopic (exact) mass is 342 g/mol. The van der Waals surface area contributed by atoms with Crippen molar-refractivity contribution in [3.05, 3.63) is 65.7 Å². The van der Waals surface area contributed by atoms with Gasteiger partial charge < -0.3 is 4.98 Å². The van der Waals surface area contributed by atoms with Crippen molar-refractivity contribution in [3.8, 4) is 16.9 Å². The lowest BCUT2D eigenvalue weighted by atomic mass is 10.1. The van der Waals surface area contributed by atoms with Gasteiger partial charge in [0.25, 0.3) is 0 Å². The third-order valence-electron chi connectivity index (χ3n) is 3.79. The smallest absolute Gasteiger partial charge is 0.171 e. The van der Waals surface area contributed by atoms with Crippen LogP contribution in [0.25, 0.3) is 27.8 Å². The highest BCUT2D eigenvalue weighted by Crippen LogP contribution is 2.34. The van der Waals surface area contributed by atoms with Crippen molar-refractivity contribution >= 4 is 17.2 Å². The molecule has 0 radical (unpaired) electrons. The molecule has 5 nitrogen and oxygen atoms in total. The Bertz CT molecular complexity index is 1100. The minimum Gasteiger partial charge on any atom is -0.350 e. The van der Waals surface area contributed by atoms with Crippen molar-refractivity contribution < 1.29 is 18.0 Å². The lowest BCUT2D eigenvalue weighted by Crippen LogP contribution is -1.97. The molecule has 0 saturated heterocycles. The zero-order valence-electron chi connectivity index (χ0n) is 12.5. The predicted molar refractivity (Wildman–Crippen MR) is 83.9 cm³/mol. The molecule has 0 fully saturated rings. The fourth-order valence-corrected chi connectivity index (χ4v) is 2.71. The highest BCUT2D eigenvalue weighted by atomic mass is 19.1.